The zero-order chi connectivity index (χ0) is 12.6. The van der Waals surface area contributed by atoms with Crippen LogP contribution in [0.5, 0.6) is 0 Å². The van der Waals surface area contributed by atoms with Crippen LogP contribution in [0.15, 0.2) is 0 Å². The molecule has 0 aliphatic rings. The van der Waals surface area contributed by atoms with E-state index in [1.54, 1.807) is 0 Å². The monoisotopic (exact) mass is 231 g/mol. The van der Waals surface area contributed by atoms with E-state index in [1.807, 2.05) is 0 Å². The van der Waals surface area contributed by atoms with Crippen molar-refractivity contribution in [3.63, 3.8) is 0 Å². The van der Waals surface area contributed by atoms with E-state index in [9.17, 15) is 14.9 Å². The number of rotatable bonds is 8. The first-order valence-electron chi connectivity index (χ1n) is 5.60. The Kier molecular flexibility index (Phi) is 6.69. The van der Waals surface area contributed by atoms with E-state index in [0.717, 1.165) is 25.7 Å². The fourth-order valence-corrected chi connectivity index (χ4v) is 1.35. The van der Waals surface area contributed by atoms with Crippen molar-refractivity contribution in [2.75, 3.05) is 6.61 Å². The molecule has 0 amide bonds. The zero-order valence-electron chi connectivity index (χ0n) is 10.3. The van der Waals surface area contributed by atoms with Gasteiger partial charge in [0.05, 0.1) is 0 Å². The van der Waals surface area contributed by atoms with Gasteiger partial charge in [-0.25, -0.2) is 0 Å². The third-order valence-electron chi connectivity index (χ3n) is 2.21. The molecule has 0 saturated carbocycles. The van der Waals surface area contributed by atoms with Gasteiger partial charge in [0.15, 0.2) is 12.4 Å². The fourth-order valence-electron chi connectivity index (χ4n) is 1.35. The summed E-state index contributed by atoms with van der Waals surface area (Å²) in [5.74, 6) is -0.201. The van der Waals surface area contributed by atoms with Crippen LogP contribution in [0.25, 0.3) is 0 Å². The summed E-state index contributed by atoms with van der Waals surface area (Å²) in [6, 6.07) is 0. The molecule has 0 fully saturated rings. The number of carbonyl (C=O) groups excluding carboxylic acids is 1. The topological polar surface area (TPSA) is 69.4 Å². The Morgan fingerprint density at radius 3 is 2.38 bits per heavy atom. The number of unbranched alkanes of at least 4 members (excludes halogenated alkanes) is 2. The predicted molar refractivity (Wildman–Crippen MR) is 60.5 cm³/mol. The molecule has 0 N–H and O–H groups in total. The zero-order valence-corrected chi connectivity index (χ0v) is 10.3. The lowest BCUT2D eigenvalue weighted by molar-refractivity contribution is -0.754. The third kappa shape index (κ3) is 10.9. The van der Waals surface area contributed by atoms with E-state index in [1.165, 1.54) is 0 Å². The van der Waals surface area contributed by atoms with Crippen LogP contribution in [-0.2, 0) is 9.63 Å². The first-order valence-corrected chi connectivity index (χ1v) is 5.60. The molecule has 0 bridgehead atoms. The standard InChI is InChI=1S/C11H21NO4/c1-11(2,3)8-6-4-5-7-10(13)9-16-12(14)15/h4-9H2,1-3H3. The summed E-state index contributed by atoms with van der Waals surface area (Å²) in [4.78, 5) is 24.9. The van der Waals surface area contributed by atoms with E-state index in [0.29, 0.717) is 11.8 Å². The quantitative estimate of drug-likeness (QED) is 0.366. The van der Waals surface area contributed by atoms with Gasteiger partial charge in [-0.1, -0.05) is 33.6 Å². The summed E-state index contributed by atoms with van der Waals surface area (Å²) >= 11 is 0. The highest BCUT2D eigenvalue weighted by atomic mass is 16.9. The number of Topliss-reactive ketones (excluding diaryl/α,β-unsaturated/α-hetero) is 1. The molecule has 0 atom stereocenters. The molecule has 0 aromatic heterocycles. The Labute approximate surface area is 96.3 Å². The van der Waals surface area contributed by atoms with Gasteiger partial charge in [0.2, 0.25) is 0 Å². The number of carbonyl (C=O) groups is 1. The molecule has 0 aliphatic carbocycles. The molecule has 5 heteroatoms. The SMILES string of the molecule is CC(C)(C)CCCCCC(=O)CO[N+](=O)[O-]. The Morgan fingerprint density at radius 2 is 1.88 bits per heavy atom. The van der Waals surface area contributed by atoms with E-state index in [4.69, 9.17) is 0 Å². The van der Waals surface area contributed by atoms with Crippen LogP contribution in [0, 0.1) is 15.5 Å². The number of hydrogen-bond donors (Lipinski definition) is 0. The fraction of sp³-hybridized carbons (Fsp3) is 0.909. The first kappa shape index (κ1) is 14.9. The summed E-state index contributed by atoms with van der Waals surface area (Å²) in [7, 11) is 0. The molecule has 0 aromatic carbocycles. The Hall–Kier alpha value is -1.13. The third-order valence-corrected chi connectivity index (χ3v) is 2.21. The van der Waals surface area contributed by atoms with Crippen LogP contribution < -0.4 is 0 Å². The van der Waals surface area contributed by atoms with Gasteiger partial charge in [0, 0.05) is 6.42 Å². The average Bonchev–Trinajstić information content (AvgIpc) is 2.12. The van der Waals surface area contributed by atoms with Crippen molar-refractivity contribution in [2.24, 2.45) is 5.41 Å². The molecule has 0 spiro atoms. The highest BCUT2D eigenvalue weighted by Crippen LogP contribution is 2.22. The summed E-state index contributed by atoms with van der Waals surface area (Å²) in [6.45, 7) is 6.14. The number of hydrogen-bond acceptors (Lipinski definition) is 4. The molecule has 0 rings (SSSR count). The second-order valence-corrected chi connectivity index (χ2v) is 5.16. The van der Waals surface area contributed by atoms with E-state index in [-0.39, 0.29) is 5.78 Å². The average molecular weight is 231 g/mol. The number of nitrogens with zero attached hydrogens (tertiary/aromatic N) is 1. The lowest BCUT2D eigenvalue weighted by Gasteiger charge is -2.17. The van der Waals surface area contributed by atoms with E-state index >= 15 is 0 Å². The van der Waals surface area contributed by atoms with Crippen molar-refractivity contribution in [1.29, 1.82) is 0 Å². The van der Waals surface area contributed by atoms with Crippen LogP contribution in [0.4, 0.5) is 0 Å². The molecule has 0 aliphatic heterocycles. The van der Waals surface area contributed by atoms with Crippen molar-refractivity contribution >= 4 is 5.78 Å². The molecule has 0 aromatic rings. The highest BCUT2D eigenvalue weighted by molar-refractivity contribution is 5.79. The summed E-state index contributed by atoms with van der Waals surface area (Å²) < 4.78 is 0. The number of ketones is 1. The molecular formula is C11H21NO4. The summed E-state index contributed by atoms with van der Waals surface area (Å²) in [5.41, 5.74) is 0.332. The van der Waals surface area contributed by atoms with Crippen LogP contribution in [0.2, 0.25) is 0 Å². The van der Waals surface area contributed by atoms with Crippen LogP contribution in [0.1, 0.15) is 52.9 Å². The molecule has 16 heavy (non-hydrogen) atoms. The minimum atomic E-state index is -0.933. The Balaban J connectivity index is 3.38. The van der Waals surface area contributed by atoms with Gasteiger partial charge in [-0.2, -0.15) is 0 Å². The van der Waals surface area contributed by atoms with Crippen molar-refractivity contribution in [3.05, 3.63) is 10.1 Å². The maximum atomic E-state index is 11.1. The van der Waals surface area contributed by atoms with Gasteiger partial charge < -0.3 is 4.84 Å². The maximum Gasteiger partial charge on any atom is 0.294 e. The van der Waals surface area contributed by atoms with Crippen molar-refractivity contribution in [1.82, 2.24) is 0 Å². The van der Waals surface area contributed by atoms with Gasteiger partial charge >= 0.3 is 0 Å². The lowest BCUT2D eigenvalue weighted by Crippen LogP contribution is -2.12. The van der Waals surface area contributed by atoms with Gasteiger partial charge in [0.1, 0.15) is 0 Å². The molecule has 0 unspecified atom stereocenters. The smallest absolute Gasteiger partial charge is 0.294 e. The van der Waals surface area contributed by atoms with Gasteiger partial charge in [0.25, 0.3) is 5.09 Å². The normalized spacial score (nSPS) is 11.2. The second-order valence-electron chi connectivity index (χ2n) is 5.16. The lowest BCUT2D eigenvalue weighted by atomic mass is 9.89. The molecule has 94 valence electrons. The summed E-state index contributed by atoms with van der Waals surface area (Å²) in [6.07, 6.45) is 4.37. The minimum Gasteiger partial charge on any atom is -0.306 e. The van der Waals surface area contributed by atoms with Gasteiger partial charge in [-0.3, -0.25) is 4.79 Å². The molecule has 5 nitrogen and oxygen atoms in total. The largest absolute Gasteiger partial charge is 0.306 e. The van der Waals surface area contributed by atoms with E-state index < -0.39 is 11.7 Å². The first-order chi connectivity index (χ1) is 7.31. The van der Waals surface area contributed by atoms with Crippen LogP contribution in [-0.4, -0.2) is 17.5 Å². The van der Waals surface area contributed by atoms with E-state index in [2.05, 4.69) is 25.6 Å². The van der Waals surface area contributed by atoms with Gasteiger partial charge in [-0.05, 0) is 18.3 Å². The van der Waals surface area contributed by atoms with Crippen LogP contribution in [0.3, 0.4) is 0 Å². The maximum absolute atomic E-state index is 11.1. The van der Waals surface area contributed by atoms with Crippen molar-refractivity contribution in [2.45, 2.75) is 52.9 Å². The summed E-state index contributed by atoms with van der Waals surface area (Å²) in [5, 5.41) is 8.89. The Morgan fingerprint density at radius 1 is 1.25 bits per heavy atom. The Bertz CT molecular complexity index is 233. The highest BCUT2D eigenvalue weighted by Gasteiger charge is 2.09. The minimum absolute atomic E-state index is 0.201. The van der Waals surface area contributed by atoms with Crippen LogP contribution >= 0.6 is 0 Å². The molecule has 0 heterocycles. The van der Waals surface area contributed by atoms with Crippen molar-refractivity contribution in [3.8, 4) is 0 Å². The van der Waals surface area contributed by atoms with Gasteiger partial charge in [-0.15, -0.1) is 10.1 Å². The second kappa shape index (κ2) is 7.19. The predicted octanol–water partition coefficient (Wildman–Crippen LogP) is 2.76. The molecular weight excluding hydrogens is 210 g/mol. The molecule has 0 saturated heterocycles. The molecule has 0 radical (unpaired) electrons. The van der Waals surface area contributed by atoms with Crippen molar-refractivity contribution < 1.29 is 14.7 Å².